The van der Waals surface area contributed by atoms with Crippen molar-refractivity contribution in [1.29, 1.82) is 0 Å². The van der Waals surface area contributed by atoms with E-state index in [4.69, 9.17) is 24.1 Å². The molecule has 1 N–H and O–H groups in total. The zero-order valence-electron chi connectivity index (χ0n) is 19.0. The first-order valence-corrected chi connectivity index (χ1v) is 11.3. The van der Waals surface area contributed by atoms with Crippen molar-refractivity contribution < 1.29 is 55.6 Å². The molecule has 0 atom stereocenters. The Morgan fingerprint density at radius 2 is 1.49 bits per heavy atom. The van der Waals surface area contributed by atoms with E-state index in [1.807, 2.05) is 0 Å². The topological polar surface area (TPSA) is 135 Å². The number of carbonyl (C=O) groups excluding carboxylic acids is 1. The van der Waals surface area contributed by atoms with E-state index in [-0.39, 0.29) is 22.8 Å². The van der Waals surface area contributed by atoms with Gasteiger partial charge in [-0.15, -0.1) is 0 Å². The number of carboxylic acid groups (broad SMARTS) is 1. The fraction of sp³-hybridized carbons (Fsp3) is 0.273. The number of sulfone groups is 1. The molecule has 190 valence electrons. The van der Waals surface area contributed by atoms with Crippen LogP contribution in [0.3, 0.4) is 0 Å². The molecular weight excluding hydrogens is 494 g/mol. The van der Waals surface area contributed by atoms with E-state index in [2.05, 4.69) is 4.74 Å². The number of esters is 1. The van der Waals surface area contributed by atoms with Crippen LogP contribution < -0.4 is 23.7 Å². The lowest BCUT2D eigenvalue weighted by molar-refractivity contribution is -0.180. The number of rotatable bonds is 11. The van der Waals surface area contributed by atoms with Gasteiger partial charge in [0.15, 0.2) is 21.3 Å². The standard InChI is InChI=1S/C22H22F2O10S/c1-30-14-10-17(32-3)15(18(11-14)33-4)7-8-35(28,29)12-13-5-6-16(31-2)19(9-13)34-21(27)22(23,24)20(25)26/h5-11H,12H2,1-4H3,(H,25,26). The van der Waals surface area contributed by atoms with Gasteiger partial charge in [-0.3, -0.25) is 0 Å². The van der Waals surface area contributed by atoms with Gasteiger partial charge in [-0.05, 0) is 23.8 Å². The lowest BCUT2D eigenvalue weighted by Crippen LogP contribution is -2.40. The fourth-order valence-corrected chi connectivity index (χ4v) is 3.87. The summed E-state index contributed by atoms with van der Waals surface area (Å²) < 4.78 is 77.3. The number of methoxy groups -OCH3 is 4. The number of hydrogen-bond acceptors (Lipinski definition) is 9. The van der Waals surface area contributed by atoms with E-state index in [9.17, 15) is 26.8 Å². The van der Waals surface area contributed by atoms with Crippen LogP contribution in [0.15, 0.2) is 35.7 Å². The highest BCUT2D eigenvalue weighted by molar-refractivity contribution is 7.93. The van der Waals surface area contributed by atoms with Gasteiger partial charge in [0.25, 0.3) is 0 Å². The summed E-state index contributed by atoms with van der Waals surface area (Å²) in [6.07, 6.45) is 1.25. The van der Waals surface area contributed by atoms with Crippen molar-refractivity contribution >= 4 is 27.9 Å². The fourth-order valence-electron chi connectivity index (χ4n) is 2.79. The maximum atomic E-state index is 13.4. The summed E-state index contributed by atoms with van der Waals surface area (Å²) in [5.74, 6) is -10.3. The highest BCUT2D eigenvalue weighted by Gasteiger charge is 2.50. The third-order valence-corrected chi connectivity index (χ3v) is 5.81. The highest BCUT2D eigenvalue weighted by Crippen LogP contribution is 2.35. The van der Waals surface area contributed by atoms with Crippen LogP contribution >= 0.6 is 0 Å². The highest BCUT2D eigenvalue weighted by atomic mass is 32.2. The van der Waals surface area contributed by atoms with E-state index in [1.54, 1.807) is 0 Å². The molecule has 0 aromatic heterocycles. The largest absolute Gasteiger partial charge is 0.496 e. The minimum Gasteiger partial charge on any atom is -0.496 e. The molecular formula is C22H22F2O10S. The molecule has 0 unspecified atom stereocenters. The van der Waals surface area contributed by atoms with Gasteiger partial charge in [-0.2, -0.15) is 8.78 Å². The van der Waals surface area contributed by atoms with Crippen molar-refractivity contribution in [2.45, 2.75) is 11.7 Å². The summed E-state index contributed by atoms with van der Waals surface area (Å²) in [5, 5.41) is 9.38. The molecule has 0 bridgehead atoms. The first-order chi connectivity index (χ1) is 16.4. The second-order valence-corrected chi connectivity index (χ2v) is 8.70. The van der Waals surface area contributed by atoms with Crippen LogP contribution in [0.25, 0.3) is 6.08 Å². The summed E-state index contributed by atoms with van der Waals surface area (Å²) in [6, 6.07) is 6.54. The summed E-state index contributed by atoms with van der Waals surface area (Å²) in [7, 11) is 1.41. The van der Waals surface area contributed by atoms with Gasteiger partial charge in [0.2, 0.25) is 0 Å². The zero-order valence-corrected chi connectivity index (χ0v) is 19.9. The Balaban J connectivity index is 2.35. The average Bonchev–Trinajstić information content (AvgIpc) is 2.81. The molecule has 35 heavy (non-hydrogen) atoms. The van der Waals surface area contributed by atoms with E-state index >= 15 is 0 Å². The summed E-state index contributed by atoms with van der Waals surface area (Å²) in [4.78, 5) is 22.2. The number of ether oxygens (including phenoxy) is 5. The number of halogens is 2. The van der Waals surface area contributed by atoms with Crippen LogP contribution in [0.4, 0.5) is 8.78 Å². The van der Waals surface area contributed by atoms with Gasteiger partial charge < -0.3 is 28.8 Å². The third-order valence-electron chi connectivity index (χ3n) is 4.52. The molecule has 0 amide bonds. The Hall–Kier alpha value is -3.87. The molecule has 0 fully saturated rings. The summed E-state index contributed by atoms with van der Waals surface area (Å²) in [5.41, 5.74) is 0.366. The molecule has 2 rings (SSSR count). The zero-order chi connectivity index (χ0) is 26.4. The minimum absolute atomic E-state index is 0.0468. The van der Waals surface area contributed by atoms with E-state index < -0.39 is 39.2 Å². The maximum Gasteiger partial charge on any atom is 0.437 e. The minimum atomic E-state index is -4.81. The molecule has 0 aliphatic carbocycles. The molecule has 13 heteroatoms. The van der Waals surface area contributed by atoms with E-state index in [0.717, 1.165) is 18.6 Å². The molecule has 0 spiro atoms. The van der Waals surface area contributed by atoms with Crippen LogP contribution in [0.2, 0.25) is 0 Å². The van der Waals surface area contributed by atoms with Crippen molar-refractivity contribution in [2.24, 2.45) is 0 Å². The van der Waals surface area contributed by atoms with Crippen molar-refractivity contribution in [3.05, 3.63) is 46.9 Å². The molecule has 10 nitrogen and oxygen atoms in total. The van der Waals surface area contributed by atoms with Gasteiger partial charge in [0, 0.05) is 17.5 Å². The van der Waals surface area contributed by atoms with E-state index in [0.29, 0.717) is 11.3 Å². The lowest BCUT2D eigenvalue weighted by Gasteiger charge is -2.14. The molecule has 2 aromatic carbocycles. The molecule has 0 heterocycles. The quantitative estimate of drug-likeness (QED) is 0.270. The number of carboxylic acids is 1. The second-order valence-electron chi connectivity index (χ2n) is 6.81. The predicted octanol–water partition coefficient (Wildman–Crippen LogP) is 2.93. The SMILES string of the molecule is COc1cc(OC)c(C=CS(=O)(=O)Cc2ccc(OC)c(OC(=O)C(F)(F)C(=O)O)c2)c(OC)c1. The van der Waals surface area contributed by atoms with Gasteiger partial charge in [-0.1, -0.05) is 6.07 Å². The number of benzene rings is 2. The van der Waals surface area contributed by atoms with Crippen molar-refractivity contribution in [1.82, 2.24) is 0 Å². The molecule has 0 saturated heterocycles. The Morgan fingerprint density at radius 3 is 1.97 bits per heavy atom. The van der Waals surface area contributed by atoms with Crippen LogP contribution in [0.1, 0.15) is 11.1 Å². The molecule has 2 aromatic rings. The van der Waals surface area contributed by atoms with Gasteiger partial charge in [0.05, 0.1) is 39.8 Å². The van der Waals surface area contributed by atoms with Gasteiger partial charge in [-0.25, -0.2) is 18.0 Å². The number of aliphatic carboxylic acids is 1. The van der Waals surface area contributed by atoms with Crippen molar-refractivity contribution in [2.75, 3.05) is 28.4 Å². The molecule has 0 saturated carbocycles. The normalized spacial score (nSPS) is 11.7. The predicted molar refractivity (Wildman–Crippen MR) is 119 cm³/mol. The Bertz CT molecular complexity index is 1210. The van der Waals surface area contributed by atoms with Gasteiger partial charge in [0.1, 0.15) is 17.2 Å². The Morgan fingerprint density at radius 1 is 0.914 bits per heavy atom. The molecule has 0 aliphatic heterocycles. The lowest BCUT2D eigenvalue weighted by atomic mass is 10.1. The van der Waals surface area contributed by atoms with Crippen LogP contribution in [-0.4, -0.2) is 59.8 Å². The Labute approximate surface area is 199 Å². The van der Waals surface area contributed by atoms with Crippen molar-refractivity contribution in [3.8, 4) is 28.7 Å². The van der Waals surface area contributed by atoms with Gasteiger partial charge >= 0.3 is 17.9 Å². The number of alkyl halides is 2. The van der Waals surface area contributed by atoms with Crippen LogP contribution in [-0.2, 0) is 25.2 Å². The monoisotopic (exact) mass is 516 g/mol. The molecule has 0 radical (unpaired) electrons. The number of carbonyl (C=O) groups is 2. The van der Waals surface area contributed by atoms with Crippen molar-refractivity contribution in [3.63, 3.8) is 0 Å². The summed E-state index contributed by atoms with van der Waals surface area (Å²) in [6.45, 7) is 0. The first kappa shape index (κ1) is 27.4. The second kappa shape index (κ2) is 11.0. The van der Waals surface area contributed by atoms with Crippen LogP contribution in [0.5, 0.6) is 28.7 Å². The molecule has 0 aliphatic rings. The smallest absolute Gasteiger partial charge is 0.437 e. The summed E-state index contributed by atoms with van der Waals surface area (Å²) >= 11 is 0. The maximum absolute atomic E-state index is 13.4. The Kier molecular flexibility index (Phi) is 8.63. The average molecular weight is 516 g/mol. The van der Waals surface area contributed by atoms with E-state index in [1.165, 1.54) is 51.7 Å². The number of hydrogen-bond donors (Lipinski definition) is 1. The third kappa shape index (κ3) is 6.59. The van der Waals surface area contributed by atoms with Crippen LogP contribution in [0, 0.1) is 0 Å². The first-order valence-electron chi connectivity index (χ1n) is 9.59.